The fraction of sp³-hybridized carbons (Fsp3) is 0.381. The van der Waals surface area contributed by atoms with Crippen molar-refractivity contribution in [3.05, 3.63) is 62.2 Å². The third-order valence-corrected chi connectivity index (χ3v) is 7.86. The fourth-order valence-corrected chi connectivity index (χ4v) is 5.57. The van der Waals surface area contributed by atoms with Crippen LogP contribution in [0.25, 0.3) is 0 Å². The minimum absolute atomic E-state index is 0.0161. The second kappa shape index (κ2) is 8.01. The van der Waals surface area contributed by atoms with Crippen molar-refractivity contribution in [3.8, 4) is 6.07 Å². The summed E-state index contributed by atoms with van der Waals surface area (Å²) in [6, 6.07) is 5.72. The molecule has 1 amide bonds. The minimum Gasteiger partial charge on any atom is -0.419 e. The van der Waals surface area contributed by atoms with Crippen LogP contribution < -0.4 is 0 Å². The number of likely N-dealkylation sites (tertiary alicyclic amines) is 1. The zero-order valence-electron chi connectivity index (χ0n) is 16.8. The maximum atomic E-state index is 15.1. The number of carbonyl (C=O) groups excluding carboxylic acids is 1. The molecule has 0 radical (unpaired) electrons. The van der Waals surface area contributed by atoms with Crippen LogP contribution in [0, 0.1) is 22.7 Å². The number of carbonyl (C=O) groups is 1. The first kappa shape index (κ1) is 22.2. The number of hydrogen-bond acceptors (Lipinski definition) is 7. The van der Waals surface area contributed by atoms with Crippen LogP contribution in [0.4, 0.5) is 8.78 Å². The first-order chi connectivity index (χ1) is 15.7. The van der Waals surface area contributed by atoms with E-state index in [1.54, 1.807) is 10.4 Å². The SMILES string of the molecule is N#CC1CC2(C1)CN(C(=O)c1cncs1)CC2c1nnc(C(F)(F)c2ccc(Cl)c(Cl)c2)o1. The monoisotopic (exact) mass is 509 g/mol. The van der Waals surface area contributed by atoms with Crippen molar-refractivity contribution >= 4 is 40.4 Å². The van der Waals surface area contributed by atoms with Gasteiger partial charge in [0.25, 0.3) is 11.8 Å². The van der Waals surface area contributed by atoms with Crippen LogP contribution in [0.15, 0.2) is 34.3 Å². The fourth-order valence-electron chi connectivity index (χ4n) is 4.68. The standard InChI is InChI=1S/C21H15Cl2F2N5O2S/c22-14-2-1-12(3-15(14)23)21(24,25)19-29-28-17(32-19)13-8-30(18(31)16-7-27-10-33-16)9-20(13)4-11(5-20)6-26/h1-3,7,10-11,13H,4-5,8-9H2. The molecule has 1 atom stereocenters. The predicted molar refractivity (Wildman–Crippen MR) is 115 cm³/mol. The zero-order chi connectivity index (χ0) is 23.4. The molecule has 5 rings (SSSR count). The van der Waals surface area contributed by atoms with Crippen molar-refractivity contribution in [1.29, 1.82) is 5.26 Å². The van der Waals surface area contributed by atoms with Crippen LogP contribution in [0.3, 0.4) is 0 Å². The van der Waals surface area contributed by atoms with Crippen molar-refractivity contribution in [2.45, 2.75) is 24.7 Å². The van der Waals surface area contributed by atoms with Gasteiger partial charge in [0.15, 0.2) is 0 Å². The van der Waals surface area contributed by atoms with Crippen LogP contribution in [0.5, 0.6) is 0 Å². The Hall–Kier alpha value is -2.61. The minimum atomic E-state index is -3.59. The van der Waals surface area contributed by atoms with Crippen molar-refractivity contribution in [1.82, 2.24) is 20.1 Å². The summed E-state index contributed by atoms with van der Waals surface area (Å²) in [5, 5.41) is 17.0. The lowest BCUT2D eigenvalue weighted by Gasteiger charge is -2.44. The smallest absolute Gasteiger partial charge is 0.349 e. The normalized spacial score (nSPS) is 24.6. The Morgan fingerprint density at radius 2 is 2.09 bits per heavy atom. The zero-order valence-corrected chi connectivity index (χ0v) is 19.2. The Morgan fingerprint density at radius 1 is 1.30 bits per heavy atom. The van der Waals surface area contributed by atoms with E-state index in [1.807, 2.05) is 0 Å². The van der Waals surface area contributed by atoms with E-state index < -0.39 is 28.7 Å². The summed E-state index contributed by atoms with van der Waals surface area (Å²) in [4.78, 5) is 19.0. The molecule has 0 bridgehead atoms. The van der Waals surface area contributed by atoms with Crippen LogP contribution in [-0.4, -0.2) is 39.1 Å². The number of aromatic nitrogens is 3. The Morgan fingerprint density at radius 3 is 2.76 bits per heavy atom. The summed E-state index contributed by atoms with van der Waals surface area (Å²) in [6.07, 6.45) is 2.55. The first-order valence-corrected chi connectivity index (χ1v) is 11.6. The summed E-state index contributed by atoms with van der Waals surface area (Å²) in [5.74, 6) is -5.23. The maximum absolute atomic E-state index is 15.1. The lowest BCUT2D eigenvalue weighted by molar-refractivity contribution is 0.00924. The average Bonchev–Trinajstić information content (AvgIpc) is 3.52. The highest BCUT2D eigenvalue weighted by Crippen LogP contribution is 2.58. The molecule has 2 fully saturated rings. The number of halogens is 4. The average molecular weight is 510 g/mol. The molecule has 12 heteroatoms. The summed E-state index contributed by atoms with van der Waals surface area (Å²) in [7, 11) is 0. The molecule has 170 valence electrons. The first-order valence-electron chi connectivity index (χ1n) is 9.98. The molecule has 7 nitrogen and oxygen atoms in total. The van der Waals surface area contributed by atoms with Gasteiger partial charge in [0.2, 0.25) is 5.89 Å². The molecule has 1 spiro atoms. The molecule has 33 heavy (non-hydrogen) atoms. The van der Waals surface area contributed by atoms with Crippen LogP contribution in [0.1, 0.15) is 45.8 Å². The van der Waals surface area contributed by atoms with Crippen LogP contribution in [0.2, 0.25) is 10.0 Å². The van der Waals surface area contributed by atoms with Crippen molar-refractivity contribution in [2.75, 3.05) is 13.1 Å². The van der Waals surface area contributed by atoms with E-state index in [2.05, 4.69) is 21.3 Å². The highest BCUT2D eigenvalue weighted by molar-refractivity contribution is 7.11. The predicted octanol–water partition coefficient (Wildman–Crippen LogP) is 5.13. The number of thiazole rings is 1. The summed E-state index contributed by atoms with van der Waals surface area (Å²) in [5.41, 5.74) is 0.674. The molecule has 1 aliphatic heterocycles. The van der Waals surface area contributed by atoms with E-state index in [-0.39, 0.29) is 34.3 Å². The van der Waals surface area contributed by atoms with Gasteiger partial charge in [-0.3, -0.25) is 9.78 Å². The Labute approximate surface area is 200 Å². The Kier molecular flexibility index (Phi) is 5.39. The quantitative estimate of drug-likeness (QED) is 0.483. The lowest BCUT2D eigenvalue weighted by atomic mass is 9.57. The van der Waals surface area contributed by atoms with E-state index in [9.17, 15) is 10.1 Å². The molecule has 2 aliphatic rings. The molecule has 3 heterocycles. The second-order valence-electron chi connectivity index (χ2n) is 8.35. The van der Waals surface area contributed by atoms with E-state index >= 15 is 8.78 Å². The Bertz CT molecular complexity index is 1250. The molecular formula is C21H15Cl2F2N5O2S. The van der Waals surface area contributed by atoms with E-state index in [0.717, 1.165) is 12.1 Å². The van der Waals surface area contributed by atoms with Crippen molar-refractivity contribution < 1.29 is 18.0 Å². The van der Waals surface area contributed by atoms with Gasteiger partial charge in [0.05, 0.1) is 33.7 Å². The molecule has 1 saturated carbocycles. The highest BCUT2D eigenvalue weighted by Gasteiger charge is 2.58. The van der Waals surface area contributed by atoms with Crippen molar-refractivity contribution in [3.63, 3.8) is 0 Å². The number of amides is 1. The molecule has 0 N–H and O–H groups in total. The topological polar surface area (TPSA) is 95.9 Å². The summed E-state index contributed by atoms with van der Waals surface area (Å²) in [6.45, 7) is 0.613. The van der Waals surface area contributed by atoms with E-state index in [0.29, 0.717) is 24.3 Å². The molecule has 3 aromatic rings. The molecule has 1 saturated heterocycles. The number of nitrogens with zero attached hydrogens (tertiary/aromatic N) is 5. The molecule has 2 aromatic heterocycles. The van der Waals surface area contributed by atoms with Gasteiger partial charge < -0.3 is 9.32 Å². The Balaban J connectivity index is 1.45. The number of benzene rings is 1. The van der Waals surface area contributed by atoms with Gasteiger partial charge in [-0.1, -0.05) is 29.3 Å². The van der Waals surface area contributed by atoms with Gasteiger partial charge in [-0.2, -0.15) is 14.0 Å². The highest BCUT2D eigenvalue weighted by atomic mass is 35.5. The third-order valence-electron chi connectivity index (χ3n) is 6.36. The van der Waals surface area contributed by atoms with Crippen LogP contribution >= 0.6 is 34.5 Å². The third kappa shape index (κ3) is 3.68. The number of nitriles is 1. The van der Waals surface area contributed by atoms with E-state index in [1.165, 1.54) is 23.6 Å². The van der Waals surface area contributed by atoms with Crippen LogP contribution in [-0.2, 0) is 5.92 Å². The van der Waals surface area contributed by atoms with Gasteiger partial charge in [0.1, 0.15) is 4.88 Å². The second-order valence-corrected chi connectivity index (χ2v) is 10.1. The molecule has 1 unspecified atom stereocenters. The maximum Gasteiger partial charge on any atom is 0.349 e. The van der Waals surface area contributed by atoms with Gasteiger partial charge >= 0.3 is 5.92 Å². The number of rotatable bonds is 4. The van der Waals surface area contributed by atoms with Gasteiger partial charge in [0, 0.05) is 30.0 Å². The number of alkyl halides is 2. The number of hydrogen-bond donors (Lipinski definition) is 0. The molecular weight excluding hydrogens is 495 g/mol. The molecule has 1 aliphatic carbocycles. The summed E-state index contributed by atoms with van der Waals surface area (Å²) < 4.78 is 35.7. The largest absolute Gasteiger partial charge is 0.419 e. The van der Waals surface area contributed by atoms with Gasteiger partial charge in [-0.15, -0.1) is 21.5 Å². The summed E-state index contributed by atoms with van der Waals surface area (Å²) >= 11 is 13.0. The van der Waals surface area contributed by atoms with Crippen molar-refractivity contribution in [2.24, 2.45) is 11.3 Å². The van der Waals surface area contributed by atoms with Gasteiger partial charge in [-0.25, -0.2) is 0 Å². The van der Waals surface area contributed by atoms with E-state index in [4.69, 9.17) is 27.6 Å². The van der Waals surface area contributed by atoms with Gasteiger partial charge in [-0.05, 0) is 25.0 Å². The lowest BCUT2D eigenvalue weighted by Crippen LogP contribution is -2.43. The molecule has 1 aromatic carbocycles.